The first kappa shape index (κ1) is 18.3. The highest BCUT2D eigenvalue weighted by Crippen LogP contribution is 2.32. The summed E-state index contributed by atoms with van der Waals surface area (Å²) in [7, 11) is -3.46. The van der Waals surface area contributed by atoms with Crippen molar-refractivity contribution in [2.45, 2.75) is 12.8 Å². The van der Waals surface area contributed by atoms with Crippen molar-refractivity contribution in [1.82, 2.24) is 0 Å². The minimum Gasteiger partial charge on any atom is -0.459 e. The molecular formula is C21H20N2O4S. The molecule has 0 aliphatic carbocycles. The molecule has 0 saturated carbocycles. The molecule has 0 spiro atoms. The fraction of sp³-hybridized carbons (Fsp3) is 0.190. The van der Waals surface area contributed by atoms with Gasteiger partial charge < -0.3 is 9.32 Å². The van der Waals surface area contributed by atoms with Crippen molar-refractivity contribution in [3.8, 4) is 0 Å². The van der Waals surface area contributed by atoms with E-state index in [0.29, 0.717) is 30.8 Å². The molecular weight excluding hydrogens is 376 g/mol. The highest BCUT2D eigenvalue weighted by atomic mass is 32.2. The molecule has 0 saturated heterocycles. The number of rotatable bonds is 6. The highest BCUT2D eigenvalue weighted by Gasteiger charge is 2.27. The average molecular weight is 396 g/mol. The van der Waals surface area contributed by atoms with E-state index in [1.54, 1.807) is 35.2 Å². The van der Waals surface area contributed by atoms with Crippen LogP contribution < -0.4 is 9.62 Å². The molecule has 1 N–H and O–H groups in total. The molecule has 0 unspecified atom stereocenters. The predicted molar refractivity (Wildman–Crippen MR) is 108 cm³/mol. The third-order valence-corrected chi connectivity index (χ3v) is 6.02. The van der Waals surface area contributed by atoms with Gasteiger partial charge in [0.1, 0.15) is 0 Å². The van der Waals surface area contributed by atoms with Crippen LogP contribution in [0, 0.1) is 0 Å². The Bertz CT molecular complexity index is 1080. The second-order valence-electron chi connectivity index (χ2n) is 6.68. The summed E-state index contributed by atoms with van der Waals surface area (Å²) < 4.78 is 32.7. The molecule has 144 valence electrons. The molecule has 0 bridgehead atoms. The lowest BCUT2D eigenvalue weighted by Gasteiger charge is -2.16. The van der Waals surface area contributed by atoms with E-state index in [9.17, 15) is 13.2 Å². The number of furan rings is 1. The Labute approximate surface area is 163 Å². The van der Waals surface area contributed by atoms with Crippen LogP contribution in [0.3, 0.4) is 0 Å². The number of sulfonamides is 1. The van der Waals surface area contributed by atoms with Crippen molar-refractivity contribution in [2.75, 3.05) is 21.9 Å². The summed E-state index contributed by atoms with van der Waals surface area (Å²) in [5.41, 5.74) is 3.21. The van der Waals surface area contributed by atoms with Crippen molar-refractivity contribution in [3.63, 3.8) is 0 Å². The highest BCUT2D eigenvalue weighted by molar-refractivity contribution is 7.92. The molecule has 2 aromatic carbocycles. The van der Waals surface area contributed by atoms with Crippen LogP contribution in [0.15, 0.2) is 71.3 Å². The van der Waals surface area contributed by atoms with Gasteiger partial charge in [-0.2, -0.15) is 0 Å². The van der Waals surface area contributed by atoms with Crippen molar-refractivity contribution in [2.24, 2.45) is 0 Å². The van der Waals surface area contributed by atoms with Gasteiger partial charge in [-0.05, 0) is 54.3 Å². The van der Waals surface area contributed by atoms with Gasteiger partial charge >= 0.3 is 0 Å². The maximum absolute atomic E-state index is 12.5. The fourth-order valence-corrected chi connectivity index (χ4v) is 4.43. The first-order valence-corrected chi connectivity index (χ1v) is 10.7. The number of anilines is 2. The molecule has 1 amide bonds. The Morgan fingerprint density at radius 1 is 1.07 bits per heavy atom. The number of carbonyl (C=O) groups excluding carboxylic acids is 1. The molecule has 6 nitrogen and oxygen atoms in total. The third kappa shape index (κ3) is 3.94. The third-order valence-electron chi connectivity index (χ3n) is 4.73. The Hall–Kier alpha value is -3.06. The maximum Gasteiger partial charge on any atom is 0.293 e. The van der Waals surface area contributed by atoms with Crippen molar-refractivity contribution in [1.29, 1.82) is 0 Å². The topological polar surface area (TPSA) is 79.6 Å². The minimum atomic E-state index is -3.46. The smallest absolute Gasteiger partial charge is 0.293 e. The largest absolute Gasteiger partial charge is 0.459 e. The van der Waals surface area contributed by atoms with Crippen LogP contribution >= 0.6 is 0 Å². The molecule has 28 heavy (non-hydrogen) atoms. The van der Waals surface area contributed by atoms with Crippen LogP contribution in [0.4, 0.5) is 11.4 Å². The molecule has 0 atom stereocenters. The van der Waals surface area contributed by atoms with Crippen LogP contribution in [-0.4, -0.2) is 26.6 Å². The standard InChI is InChI=1S/C21H20N2O4S/c24-21(20-7-4-13-27-20)23-12-10-17-15-18(8-9-19(17)23)22-28(25,26)14-11-16-5-2-1-3-6-16/h1-9,13,15,22H,10-12,14H2. The monoisotopic (exact) mass is 396 g/mol. The van der Waals surface area contributed by atoms with E-state index in [2.05, 4.69) is 4.72 Å². The first-order valence-electron chi connectivity index (χ1n) is 9.04. The lowest BCUT2D eigenvalue weighted by atomic mass is 10.1. The molecule has 1 aliphatic heterocycles. The van der Waals surface area contributed by atoms with E-state index in [1.807, 2.05) is 30.3 Å². The van der Waals surface area contributed by atoms with Gasteiger partial charge in [-0.25, -0.2) is 8.42 Å². The lowest BCUT2D eigenvalue weighted by Crippen LogP contribution is -2.28. The number of aryl methyl sites for hydroxylation is 1. The Morgan fingerprint density at radius 2 is 1.89 bits per heavy atom. The van der Waals surface area contributed by atoms with E-state index < -0.39 is 10.0 Å². The molecule has 3 aromatic rings. The normalized spacial score (nSPS) is 13.4. The van der Waals surface area contributed by atoms with E-state index in [0.717, 1.165) is 16.8 Å². The van der Waals surface area contributed by atoms with Gasteiger partial charge in [-0.1, -0.05) is 30.3 Å². The Balaban J connectivity index is 1.45. The van der Waals surface area contributed by atoms with Crippen LogP contribution in [0.1, 0.15) is 21.7 Å². The van der Waals surface area contributed by atoms with Crippen LogP contribution in [0.2, 0.25) is 0 Å². The lowest BCUT2D eigenvalue weighted by molar-refractivity contribution is 0.0963. The zero-order valence-corrected chi connectivity index (χ0v) is 16.0. The summed E-state index contributed by atoms with van der Waals surface area (Å²) in [4.78, 5) is 14.2. The van der Waals surface area contributed by atoms with Crippen molar-refractivity contribution < 1.29 is 17.6 Å². The Morgan fingerprint density at radius 3 is 2.64 bits per heavy atom. The summed E-state index contributed by atoms with van der Waals surface area (Å²) in [6, 6.07) is 18.1. The number of hydrogen-bond donors (Lipinski definition) is 1. The number of benzene rings is 2. The second kappa shape index (κ2) is 7.52. The number of hydrogen-bond acceptors (Lipinski definition) is 4. The fourth-order valence-electron chi connectivity index (χ4n) is 3.34. The van der Waals surface area contributed by atoms with E-state index >= 15 is 0 Å². The molecule has 7 heteroatoms. The first-order chi connectivity index (χ1) is 13.5. The summed E-state index contributed by atoms with van der Waals surface area (Å²) in [6.45, 7) is 0.541. The van der Waals surface area contributed by atoms with Crippen molar-refractivity contribution in [3.05, 3.63) is 83.8 Å². The molecule has 1 aromatic heterocycles. The maximum atomic E-state index is 12.5. The van der Waals surface area contributed by atoms with E-state index in [4.69, 9.17) is 4.42 Å². The van der Waals surface area contributed by atoms with Gasteiger partial charge in [0, 0.05) is 17.9 Å². The summed E-state index contributed by atoms with van der Waals surface area (Å²) in [5.74, 6) is 0.107. The predicted octanol–water partition coefficient (Wildman–Crippen LogP) is 3.47. The van der Waals surface area contributed by atoms with Crippen LogP contribution in [-0.2, 0) is 22.9 Å². The molecule has 4 rings (SSSR count). The van der Waals surface area contributed by atoms with Gasteiger partial charge in [-0.15, -0.1) is 0 Å². The van der Waals surface area contributed by atoms with Gasteiger partial charge in [0.2, 0.25) is 10.0 Å². The van der Waals surface area contributed by atoms with Gasteiger partial charge in [-0.3, -0.25) is 9.52 Å². The summed E-state index contributed by atoms with van der Waals surface area (Å²) in [6.07, 6.45) is 2.59. The zero-order valence-electron chi connectivity index (χ0n) is 15.2. The number of nitrogens with zero attached hydrogens (tertiary/aromatic N) is 1. The quantitative estimate of drug-likeness (QED) is 0.692. The molecule has 0 fully saturated rings. The number of amides is 1. The van der Waals surface area contributed by atoms with Gasteiger partial charge in [0.25, 0.3) is 5.91 Å². The second-order valence-corrected chi connectivity index (χ2v) is 8.53. The van der Waals surface area contributed by atoms with Crippen molar-refractivity contribution >= 4 is 27.3 Å². The van der Waals surface area contributed by atoms with Crippen LogP contribution in [0.5, 0.6) is 0 Å². The zero-order chi connectivity index (χ0) is 19.6. The summed E-state index contributed by atoms with van der Waals surface area (Å²) >= 11 is 0. The molecule has 2 heterocycles. The Kier molecular flexibility index (Phi) is 4.92. The van der Waals surface area contributed by atoms with Crippen LogP contribution in [0.25, 0.3) is 0 Å². The van der Waals surface area contributed by atoms with Gasteiger partial charge in [0.15, 0.2) is 5.76 Å². The summed E-state index contributed by atoms with van der Waals surface area (Å²) in [5, 5.41) is 0. The number of carbonyl (C=O) groups is 1. The number of nitrogens with one attached hydrogen (secondary N) is 1. The van der Waals surface area contributed by atoms with E-state index in [-0.39, 0.29) is 11.7 Å². The number of fused-ring (bicyclic) bond motifs is 1. The molecule has 1 aliphatic rings. The SMILES string of the molecule is O=C(c1ccco1)N1CCc2cc(NS(=O)(=O)CCc3ccccc3)ccc21. The molecule has 0 radical (unpaired) electrons. The average Bonchev–Trinajstić information content (AvgIpc) is 3.36. The van der Waals surface area contributed by atoms with E-state index in [1.165, 1.54) is 6.26 Å². The minimum absolute atomic E-state index is 0.0111. The van der Waals surface area contributed by atoms with Gasteiger partial charge in [0.05, 0.1) is 12.0 Å².